The topological polar surface area (TPSA) is 203 Å². The monoisotopic (exact) mass is 584 g/mol. The van der Waals surface area contributed by atoms with Gasteiger partial charge in [0.05, 0.1) is 23.8 Å². The van der Waals surface area contributed by atoms with Crippen LogP contribution in [0.4, 0.5) is 5.69 Å². The highest BCUT2D eigenvalue weighted by Crippen LogP contribution is 2.54. The lowest BCUT2D eigenvalue weighted by Gasteiger charge is -2.50. The molecule has 0 saturated heterocycles. The molecule has 1 aromatic carbocycles. The van der Waals surface area contributed by atoms with Crippen LogP contribution in [-0.2, 0) is 25.6 Å². The minimum atomic E-state index is -2.72. The minimum absolute atomic E-state index is 0.00101. The molecule has 0 radical (unpaired) electrons. The molecule has 0 spiro atoms. The molecule has 1 fully saturated rings. The fraction of sp³-hybridized carbons (Fsp3) is 0.533. The summed E-state index contributed by atoms with van der Waals surface area (Å²) in [5.74, 6) is -7.75. The third-order valence-corrected chi connectivity index (χ3v) is 8.43. The number of rotatable bonds is 6. The van der Waals surface area contributed by atoms with Crippen molar-refractivity contribution in [1.82, 2.24) is 10.2 Å². The Morgan fingerprint density at radius 1 is 1.17 bits per heavy atom. The molecule has 0 aromatic heterocycles. The highest BCUT2D eigenvalue weighted by Gasteiger charge is 2.64. The summed E-state index contributed by atoms with van der Waals surface area (Å²) in [5, 5.41) is 51.4. The number of carbonyl (C=O) groups is 4. The van der Waals surface area contributed by atoms with E-state index in [-0.39, 0.29) is 47.7 Å². The molecule has 0 bridgehead atoms. The summed E-state index contributed by atoms with van der Waals surface area (Å²) < 4.78 is 0. The van der Waals surface area contributed by atoms with E-state index in [2.05, 4.69) is 10.6 Å². The van der Waals surface area contributed by atoms with Gasteiger partial charge in [-0.3, -0.25) is 24.1 Å². The number of anilines is 1. The van der Waals surface area contributed by atoms with Gasteiger partial charge in [0.1, 0.15) is 22.8 Å². The van der Waals surface area contributed by atoms with Crippen molar-refractivity contribution in [3.63, 3.8) is 0 Å². The number of benzene rings is 1. The number of phenols is 1. The molecule has 1 saturated carbocycles. The maximum Gasteiger partial charge on any atom is 0.255 e. The zero-order valence-electron chi connectivity index (χ0n) is 25.0. The summed E-state index contributed by atoms with van der Waals surface area (Å²) in [6.07, 6.45) is 0.177. The molecule has 228 valence electrons. The van der Waals surface area contributed by atoms with Crippen LogP contribution in [0.3, 0.4) is 0 Å². The number of carbonyl (C=O) groups excluding carboxylic acids is 4. The van der Waals surface area contributed by atoms with E-state index in [1.165, 1.54) is 4.90 Å². The van der Waals surface area contributed by atoms with Crippen LogP contribution < -0.4 is 16.4 Å². The molecule has 42 heavy (non-hydrogen) atoms. The first-order chi connectivity index (χ1) is 19.3. The number of nitrogens with one attached hydrogen (secondary N) is 2. The second-order valence-corrected chi connectivity index (χ2v) is 13.0. The maximum absolute atomic E-state index is 14.1. The van der Waals surface area contributed by atoms with E-state index in [9.17, 15) is 39.6 Å². The molecule has 3 aliphatic carbocycles. The predicted molar refractivity (Wildman–Crippen MR) is 155 cm³/mol. The lowest BCUT2D eigenvalue weighted by Crippen LogP contribution is -2.65. The summed E-state index contributed by atoms with van der Waals surface area (Å²) in [7, 11) is 3.10. The summed E-state index contributed by atoms with van der Waals surface area (Å²) in [5.41, 5.74) is 2.49. The second kappa shape index (κ2) is 10.5. The van der Waals surface area contributed by atoms with Gasteiger partial charge in [0, 0.05) is 17.0 Å². The van der Waals surface area contributed by atoms with Gasteiger partial charge in [-0.2, -0.15) is 0 Å². The van der Waals surface area contributed by atoms with Crippen molar-refractivity contribution < 1.29 is 39.6 Å². The van der Waals surface area contributed by atoms with Gasteiger partial charge in [0.15, 0.2) is 11.4 Å². The van der Waals surface area contributed by atoms with E-state index in [4.69, 9.17) is 5.73 Å². The Kier molecular flexibility index (Phi) is 7.81. The summed E-state index contributed by atoms with van der Waals surface area (Å²) in [6.45, 7) is 9.48. The van der Waals surface area contributed by atoms with Gasteiger partial charge in [0.2, 0.25) is 11.7 Å². The number of nitrogens with zero attached hydrogens (tertiary/aromatic N) is 1. The smallest absolute Gasteiger partial charge is 0.255 e. The fourth-order valence-electron chi connectivity index (χ4n) is 6.49. The van der Waals surface area contributed by atoms with Crippen molar-refractivity contribution in [2.45, 2.75) is 70.6 Å². The Balaban J connectivity index is 1.89. The zero-order chi connectivity index (χ0) is 31.6. The Morgan fingerprint density at radius 2 is 1.79 bits per heavy atom. The zero-order valence-corrected chi connectivity index (χ0v) is 25.0. The average Bonchev–Trinajstić information content (AvgIpc) is 2.85. The van der Waals surface area contributed by atoms with Crippen LogP contribution in [0.15, 0.2) is 23.0 Å². The van der Waals surface area contributed by atoms with Gasteiger partial charge in [0.25, 0.3) is 5.91 Å². The number of primary amides is 1. The van der Waals surface area contributed by atoms with Crippen molar-refractivity contribution in [2.75, 3.05) is 26.0 Å². The Morgan fingerprint density at radius 3 is 2.31 bits per heavy atom. The lowest BCUT2D eigenvalue weighted by atomic mass is 9.57. The number of hydrogen-bond acceptors (Lipinski definition) is 10. The van der Waals surface area contributed by atoms with E-state index in [1.807, 2.05) is 34.6 Å². The number of amides is 2. The molecule has 0 aliphatic heterocycles. The van der Waals surface area contributed by atoms with Gasteiger partial charge in [-0.25, -0.2) is 0 Å². The van der Waals surface area contributed by atoms with Crippen LogP contribution in [-0.4, -0.2) is 86.5 Å². The molecule has 0 heterocycles. The van der Waals surface area contributed by atoms with Gasteiger partial charge < -0.3 is 36.8 Å². The van der Waals surface area contributed by atoms with Crippen molar-refractivity contribution in [3.05, 3.63) is 39.7 Å². The Bertz CT molecular complexity index is 1450. The van der Waals surface area contributed by atoms with Gasteiger partial charge >= 0.3 is 0 Å². The Labute approximate surface area is 244 Å². The van der Waals surface area contributed by atoms with Crippen molar-refractivity contribution in [3.8, 4) is 5.75 Å². The summed E-state index contributed by atoms with van der Waals surface area (Å²) in [6, 6.07) is 0.493. The van der Waals surface area contributed by atoms with E-state index in [1.54, 1.807) is 20.2 Å². The molecule has 12 heteroatoms. The number of nitrogens with two attached hydrogens (primary N) is 1. The first-order valence-electron chi connectivity index (χ1n) is 13.9. The molecular formula is C30H40N4O8. The Hall–Kier alpha value is -3.74. The van der Waals surface area contributed by atoms with Crippen molar-refractivity contribution in [1.29, 1.82) is 0 Å². The number of fused-ring (bicyclic) bond motifs is 3. The largest absolute Gasteiger partial charge is 0.508 e. The molecule has 8 N–H and O–H groups in total. The van der Waals surface area contributed by atoms with Crippen LogP contribution in [0.5, 0.6) is 5.75 Å². The first kappa shape index (κ1) is 31.2. The number of aliphatic hydroxyl groups excluding tert-OH is 2. The maximum atomic E-state index is 14.1. The van der Waals surface area contributed by atoms with Crippen LogP contribution >= 0.6 is 0 Å². The number of likely N-dealkylation sites (N-methyl/N-ethyl adjacent to an activating group) is 1. The fourth-order valence-corrected chi connectivity index (χ4v) is 6.49. The molecular weight excluding hydrogens is 544 g/mol. The van der Waals surface area contributed by atoms with E-state index in [0.717, 1.165) is 5.56 Å². The molecule has 0 unspecified atom stereocenters. The normalized spacial score (nSPS) is 25.9. The lowest BCUT2D eigenvalue weighted by molar-refractivity contribution is -0.153. The predicted octanol–water partition coefficient (Wildman–Crippen LogP) is 1.41. The minimum Gasteiger partial charge on any atom is -0.508 e. The SMILES string of the molecule is CC(C)c1cc(NC(=O)CNC(C)(C)C)c(O)c2c1C[C@H]1C[C@H]3[C@H](N(C)C)C(=O)C(C(N)=O)=C(O)[C@@]3(O)C(=O)C1=C2O. The van der Waals surface area contributed by atoms with Crippen LogP contribution in [0.1, 0.15) is 63.6 Å². The van der Waals surface area contributed by atoms with Crippen LogP contribution in [0.25, 0.3) is 5.76 Å². The third kappa shape index (κ3) is 4.87. The number of Topliss-reactive ketones (excluding diaryl/α,β-unsaturated/α-hetero) is 2. The number of aliphatic hydroxyl groups is 3. The molecule has 4 rings (SSSR count). The van der Waals surface area contributed by atoms with Crippen LogP contribution in [0, 0.1) is 11.8 Å². The molecule has 3 aliphatic rings. The van der Waals surface area contributed by atoms with E-state index < -0.39 is 69.7 Å². The number of aromatic hydroxyl groups is 1. The first-order valence-corrected chi connectivity index (χ1v) is 13.9. The number of ketones is 2. The molecule has 2 amide bonds. The highest BCUT2D eigenvalue weighted by atomic mass is 16.3. The standard InChI is InChI=1S/C30H40N4O8/c1-12(2)14-10-17(33-18(35)11-32-29(3,4)5)23(36)20-15(14)8-13-9-16-22(34(6)7)25(38)21(28(31)41)27(40)30(16,42)26(39)19(13)24(20)37/h10,12-13,16,22,32,36-37,40,42H,8-9,11H2,1-7H3,(H2,31,41)(H,33,35)/t13-,16-,22-,30-/m0/s1. The van der Waals surface area contributed by atoms with Crippen molar-refractivity contribution >= 4 is 34.8 Å². The molecule has 12 nitrogen and oxygen atoms in total. The third-order valence-electron chi connectivity index (χ3n) is 8.43. The van der Waals surface area contributed by atoms with Crippen LogP contribution in [0.2, 0.25) is 0 Å². The number of hydrogen-bond donors (Lipinski definition) is 7. The number of phenolic OH excluding ortho intramolecular Hbond substituents is 1. The quantitative estimate of drug-likeness (QED) is 0.189. The van der Waals surface area contributed by atoms with Gasteiger partial charge in [-0.15, -0.1) is 0 Å². The van der Waals surface area contributed by atoms with Gasteiger partial charge in [-0.1, -0.05) is 13.8 Å². The molecule has 1 aromatic rings. The average molecular weight is 585 g/mol. The van der Waals surface area contributed by atoms with Gasteiger partial charge in [-0.05, 0) is 76.7 Å². The second-order valence-electron chi connectivity index (χ2n) is 13.0. The molecule has 4 atom stereocenters. The van der Waals surface area contributed by atoms with Crippen molar-refractivity contribution in [2.24, 2.45) is 17.6 Å². The highest BCUT2D eigenvalue weighted by molar-refractivity contribution is 6.24. The van der Waals surface area contributed by atoms with E-state index >= 15 is 0 Å². The van der Waals surface area contributed by atoms with E-state index in [0.29, 0.717) is 5.56 Å². The summed E-state index contributed by atoms with van der Waals surface area (Å²) >= 11 is 0. The summed E-state index contributed by atoms with van der Waals surface area (Å²) in [4.78, 5) is 53.6.